The van der Waals surface area contributed by atoms with Gasteiger partial charge in [-0.2, -0.15) is 0 Å². The molecule has 0 spiro atoms. The molecule has 0 aliphatic carbocycles. The maximum absolute atomic E-state index is 12.4. The van der Waals surface area contributed by atoms with Crippen molar-refractivity contribution >= 4 is 23.6 Å². The average molecular weight is 306 g/mol. The number of carbonyl (C=O) groups is 2. The van der Waals surface area contributed by atoms with Gasteiger partial charge < -0.3 is 10.6 Å². The molecule has 1 fully saturated rings. The predicted octanol–water partition coefficient (Wildman–Crippen LogP) is 2.52. The van der Waals surface area contributed by atoms with Crippen LogP contribution in [0.3, 0.4) is 0 Å². The van der Waals surface area contributed by atoms with E-state index in [0.717, 1.165) is 0 Å². The van der Waals surface area contributed by atoms with E-state index in [1.165, 1.54) is 4.90 Å². The molecule has 1 saturated heterocycles. The average Bonchev–Trinajstić information content (AvgIpc) is 2.47. The van der Waals surface area contributed by atoms with Crippen LogP contribution >= 0.6 is 11.8 Å². The fraction of sp³-hybridized carbons (Fsp3) is 0.500. The fourth-order valence-corrected chi connectivity index (χ4v) is 3.34. The smallest absolute Gasteiger partial charge is 0.253 e. The number of hydrogen-bond donors (Lipinski definition) is 1. The molecule has 4 nitrogen and oxygen atoms in total. The SMILES string of the molecule is CC(C)Sc1ccc(C(=O)N2CCC(C(N)=O)CC2)cc1. The number of likely N-dealkylation sites (tertiary alicyclic amines) is 1. The van der Waals surface area contributed by atoms with Crippen molar-refractivity contribution in [1.82, 2.24) is 4.90 Å². The molecular formula is C16H22N2O2S. The number of amides is 2. The van der Waals surface area contributed by atoms with Gasteiger partial charge in [0.1, 0.15) is 0 Å². The van der Waals surface area contributed by atoms with Crippen molar-refractivity contribution in [3.8, 4) is 0 Å². The Morgan fingerprint density at radius 3 is 2.24 bits per heavy atom. The van der Waals surface area contributed by atoms with Crippen LogP contribution in [0.15, 0.2) is 29.2 Å². The van der Waals surface area contributed by atoms with Gasteiger partial charge in [-0.15, -0.1) is 11.8 Å². The molecule has 114 valence electrons. The first kappa shape index (κ1) is 15.9. The number of primary amides is 1. The van der Waals surface area contributed by atoms with Gasteiger partial charge in [-0.3, -0.25) is 9.59 Å². The van der Waals surface area contributed by atoms with Crippen molar-refractivity contribution in [2.45, 2.75) is 36.8 Å². The monoisotopic (exact) mass is 306 g/mol. The molecule has 1 aromatic rings. The summed E-state index contributed by atoms with van der Waals surface area (Å²) in [6.07, 6.45) is 1.34. The van der Waals surface area contributed by atoms with Gasteiger partial charge in [-0.1, -0.05) is 13.8 Å². The summed E-state index contributed by atoms with van der Waals surface area (Å²) in [5.41, 5.74) is 6.02. The van der Waals surface area contributed by atoms with Crippen LogP contribution in [-0.4, -0.2) is 35.1 Å². The number of nitrogens with two attached hydrogens (primary N) is 1. The molecule has 21 heavy (non-hydrogen) atoms. The van der Waals surface area contributed by atoms with Gasteiger partial charge in [0, 0.05) is 34.7 Å². The van der Waals surface area contributed by atoms with E-state index in [4.69, 9.17) is 5.73 Å². The minimum Gasteiger partial charge on any atom is -0.369 e. The Labute approximate surface area is 130 Å². The van der Waals surface area contributed by atoms with E-state index >= 15 is 0 Å². The largest absolute Gasteiger partial charge is 0.369 e. The number of benzene rings is 1. The Balaban J connectivity index is 1.96. The summed E-state index contributed by atoms with van der Waals surface area (Å²) in [4.78, 5) is 26.5. The van der Waals surface area contributed by atoms with Crippen LogP contribution in [0, 0.1) is 5.92 Å². The van der Waals surface area contributed by atoms with Crippen molar-refractivity contribution in [3.05, 3.63) is 29.8 Å². The molecule has 1 aliphatic heterocycles. The second kappa shape index (κ2) is 6.98. The second-order valence-electron chi connectivity index (χ2n) is 5.66. The lowest BCUT2D eigenvalue weighted by atomic mass is 9.96. The third-order valence-electron chi connectivity index (χ3n) is 3.66. The normalized spacial score (nSPS) is 16.2. The van der Waals surface area contributed by atoms with Gasteiger partial charge in [0.05, 0.1) is 0 Å². The van der Waals surface area contributed by atoms with Gasteiger partial charge in [-0.25, -0.2) is 0 Å². The fourth-order valence-electron chi connectivity index (χ4n) is 2.50. The first-order valence-electron chi connectivity index (χ1n) is 7.32. The first-order chi connectivity index (χ1) is 9.97. The van der Waals surface area contributed by atoms with E-state index in [1.54, 1.807) is 11.8 Å². The number of carbonyl (C=O) groups excluding carboxylic acids is 2. The Kier molecular flexibility index (Phi) is 5.28. The standard InChI is InChI=1S/C16H22N2O2S/c1-11(2)21-14-5-3-13(4-6-14)16(20)18-9-7-12(8-10-18)15(17)19/h3-6,11-12H,7-10H2,1-2H3,(H2,17,19). The van der Waals surface area contributed by atoms with Crippen molar-refractivity contribution < 1.29 is 9.59 Å². The van der Waals surface area contributed by atoms with E-state index in [9.17, 15) is 9.59 Å². The molecule has 0 radical (unpaired) electrons. The lowest BCUT2D eigenvalue weighted by Crippen LogP contribution is -2.41. The van der Waals surface area contributed by atoms with E-state index < -0.39 is 0 Å². The van der Waals surface area contributed by atoms with Crippen LogP contribution in [0.5, 0.6) is 0 Å². The van der Waals surface area contributed by atoms with Crippen molar-refractivity contribution in [3.63, 3.8) is 0 Å². The molecule has 0 saturated carbocycles. The zero-order valence-corrected chi connectivity index (χ0v) is 13.4. The Hall–Kier alpha value is -1.49. The lowest BCUT2D eigenvalue weighted by Gasteiger charge is -2.30. The number of piperidine rings is 1. The molecule has 5 heteroatoms. The molecule has 0 aromatic heterocycles. The molecule has 2 amide bonds. The Morgan fingerprint density at radius 1 is 1.19 bits per heavy atom. The van der Waals surface area contributed by atoms with Crippen LogP contribution in [-0.2, 0) is 4.79 Å². The van der Waals surface area contributed by atoms with Gasteiger partial charge in [-0.05, 0) is 37.1 Å². The Bertz CT molecular complexity index is 506. The molecule has 0 bridgehead atoms. The zero-order valence-electron chi connectivity index (χ0n) is 12.5. The maximum Gasteiger partial charge on any atom is 0.253 e. The van der Waals surface area contributed by atoms with Gasteiger partial charge in [0.2, 0.25) is 5.91 Å². The van der Waals surface area contributed by atoms with E-state index in [-0.39, 0.29) is 17.7 Å². The molecule has 0 unspecified atom stereocenters. The number of hydrogen-bond acceptors (Lipinski definition) is 3. The molecule has 2 rings (SSSR count). The predicted molar refractivity (Wildman–Crippen MR) is 85.3 cm³/mol. The van der Waals surface area contributed by atoms with Crippen molar-refractivity contribution in [2.75, 3.05) is 13.1 Å². The lowest BCUT2D eigenvalue weighted by molar-refractivity contribution is -0.123. The molecule has 1 aromatic carbocycles. The quantitative estimate of drug-likeness (QED) is 0.869. The summed E-state index contributed by atoms with van der Waals surface area (Å²) in [5.74, 6) is -0.296. The Morgan fingerprint density at radius 2 is 1.76 bits per heavy atom. The summed E-state index contributed by atoms with van der Waals surface area (Å²) >= 11 is 1.78. The van der Waals surface area contributed by atoms with E-state index in [0.29, 0.717) is 36.7 Å². The third kappa shape index (κ3) is 4.24. The first-order valence-corrected chi connectivity index (χ1v) is 8.20. The van der Waals surface area contributed by atoms with Gasteiger partial charge >= 0.3 is 0 Å². The third-order valence-corrected chi connectivity index (χ3v) is 4.67. The number of thioether (sulfide) groups is 1. The molecule has 1 heterocycles. The summed E-state index contributed by atoms with van der Waals surface area (Å²) < 4.78 is 0. The molecule has 1 aliphatic rings. The van der Waals surface area contributed by atoms with Gasteiger partial charge in [0.25, 0.3) is 5.91 Å². The van der Waals surface area contributed by atoms with Crippen molar-refractivity contribution in [2.24, 2.45) is 11.7 Å². The van der Waals surface area contributed by atoms with Crippen LogP contribution < -0.4 is 5.73 Å². The summed E-state index contributed by atoms with van der Waals surface area (Å²) in [7, 11) is 0. The minimum atomic E-state index is -0.253. The zero-order chi connectivity index (χ0) is 15.4. The molecule has 2 N–H and O–H groups in total. The second-order valence-corrected chi connectivity index (χ2v) is 7.31. The van der Waals surface area contributed by atoms with Gasteiger partial charge in [0.15, 0.2) is 0 Å². The molecule has 0 atom stereocenters. The van der Waals surface area contributed by atoms with E-state index in [2.05, 4.69) is 13.8 Å². The number of rotatable bonds is 4. The van der Waals surface area contributed by atoms with Crippen LogP contribution in [0.1, 0.15) is 37.0 Å². The van der Waals surface area contributed by atoms with Crippen LogP contribution in [0.4, 0.5) is 0 Å². The van der Waals surface area contributed by atoms with Crippen LogP contribution in [0.25, 0.3) is 0 Å². The maximum atomic E-state index is 12.4. The highest BCUT2D eigenvalue weighted by Crippen LogP contribution is 2.24. The number of nitrogens with zero attached hydrogens (tertiary/aromatic N) is 1. The van der Waals surface area contributed by atoms with Crippen molar-refractivity contribution in [1.29, 1.82) is 0 Å². The summed E-state index contributed by atoms with van der Waals surface area (Å²) in [6.45, 7) is 5.50. The highest BCUT2D eigenvalue weighted by atomic mass is 32.2. The highest BCUT2D eigenvalue weighted by Gasteiger charge is 2.26. The summed E-state index contributed by atoms with van der Waals surface area (Å²) in [6, 6.07) is 7.75. The van der Waals surface area contributed by atoms with E-state index in [1.807, 2.05) is 29.2 Å². The van der Waals surface area contributed by atoms with Crippen LogP contribution in [0.2, 0.25) is 0 Å². The highest BCUT2D eigenvalue weighted by molar-refractivity contribution is 7.99. The topological polar surface area (TPSA) is 63.4 Å². The minimum absolute atomic E-state index is 0.0408. The molecular weight excluding hydrogens is 284 g/mol. The summed E-state index contributed by atoms with van der Waals surface area (Å²) in [5, 5.41) is 0.527.